The van der Waals surface area contributed by atoms with E-state index >= 15 is 0 Å². The van der Waals surface area contributed by atoms with Crippen molar-refractivity contribution in [2.75, 3.05) is 24.5 Å². The van der Waals surface area contributed by atoms with Crippen LogP contribution in [0, 0.1) is 18.3 Å². The molecule has 1 heterocycles. The number of hydrogen-bond acceptors (Lipinski definition) is 3. The largest absolute Gasteiger partial charge is 0.369 e. The summed E-state index contributed by atoms with van der Waals surface area (Å²) >= 11 is 0. The van der Waals surface area contributed by atoms with Crippen LogP contribution in [0.15, 0.2) is 18.2 Å². The van der Waals surface area contributed by atoms with Crippen LogP contribution in [0.2, 0.25) is 0 Å². The molecule has 0 spiro atoms. The third kappa shape index (κ3) is 3.27. The molecule has 1 unspecified atom stereocenters. The van der Waals surface area contributed by atoms with Crippen molar-refractivity contribution in [2.45, 2.75) is 39.2 Å². The van der Waals surface area contributed by atoms with E-state index in [4.69, 9.17) is 5.26 Å². The summed E-state index contributed by atoms with van der Waals surface area (Å²) in [6.07, 6.45) is 2.78. The van der Waals surface area contributed by atoms with E-state index in [0.29, 0.717) is 6.42 Å². The summed E-state index contributed by atoms with van der Waals surface area (Å²) in [6, 6.07) is 9.13. The van der Waals surface area contributed by atoms with E-state index in [9.17, 15) is 0 Å². The van der Waals surface area contributed by atoms with Gasteiger partial charge in [0.2, 0.25) is 0 Å². The molecular weight excluding hydrogens is 234 g/mol. The van der Waals surface area contributed by atoms with Gasteiger partial charge in [-0.15, -0.1) is 0 Å². The summed E-state index contributed by atoms with van der Waals surface area (Å²) < 4.78 is 0. The van der Waals surface area contributed by atoms with Crippen LogP contribution in [-0.4, -0.2) is 25.7 Å². The Morgan fingerprint density at radius 1 is 1.47 bits per heavy atom. The van der Waals surface area contributed by atoms with E-state index in [0.717, 1.165) is 32.5 Å². The minimum Gasteiger partial charge on any atom is -0.369 e. The van der Waals surface area contributed by atoms with Gasteiger partial charge in [-0.05, 0) is 37.4 Å². The summed E-state index contributed by atoms with van der Waals surface area (Å²) in [7, 11) is 0. The average Bonchev–Trinajstić information content (AvgIpc) is 2.64. The standard InChI is InChI=1S/C16H23N3/c1-3-14-7-4-6-13(2)16(14)19-11-5-10-18-15(12-19)8-9-17/h4,6-7,15,18H,3,5,8,10-12H2,1-2H3. The minimum atomic E-state index is 0.289. The molecule has 1 atom stereocenters. The number of aryl methyl sites for hydroxylation is 2. The molecule has 1 aliphatic heterocycles. The Bertz CT molecular complexity index is 462. The molecule has 3 nitrogen and oxygen atoms in total. The van der Waals surface area contributed by atoms with Crippen LogP contribution in [0.25, 0.3) is 0 Å². The van der Waals surface area contributed by atoms with Crippen molar-refractivity contribution in [3.63, 3.8) is 0 Å². The molecular formula is C16H23N3. The molecule has 1 fully saturated rings. The molecule has 0 amide bonds. The first kappa shape index (κ1) is 13.9. The van der Waals surface area contributed by atoms with Crippen molar-refractivity contribution < 1.29 is 0 Å². The predicted octanol–water partition coefficient (Wildman–Crippen LogP) is 2.64. The first-order valence-electron chi connectivity index (χ1n) is 7.20. The number of anilines is 1. The monoisotopic (exact) mass is 257 g/mol. The fraction of sp³-hybridized carbons (Fsp3) is 0.562. The van der Waals surface area contributed by atoms with Crippen LogP contribution in [0.3, 0.4) is 0 Å². The molecule has 0 bridgehead atoms. The number of rotatable bonds is 3. The van der Waals surface area contributed by atoms with Crippen LogP contribution in [0.1, 0.15) is 30.9 Å². The van der Waals surface area contributed by atoms with Gasteiger partial charge < -0.3 is 10.2 Å². The molecule has 102 valence electrons. The van der Waals surface area contributed by atoms with Gasteiger partial charge in [0.1, 0.15) is 0 Å². The van der Waals surface area contributed by atoms with Gasteiger partial charge in [-0.1, -0.05) is 25.1 Å². The number of nitrogens with one attached hydrogen (secondary N) is 1. The van der Waals surface area contributed by atoms with E-state index in [1.165, 1.54) is 16.8 Å². The van der Waals surface area contributed by atoms with E-state index in [1.807, 2.05) is 0 Å². The highest BCUT2D eigenvalue weighted by Gasteiger charge is 2.20. The van der Waals surface area contributed by atoms with E-state index in [1.54, 1.807) is 0 Å². The first-order valence-corrected chi connectivity index (χ1v) is 7.20. The topological polar surface area (TPSA) is 39.1 Å². The Balaban J connectivity index is 2.26. The van der Waals surface area contributed by atoms with Gasteiger partial charge in [0, 0.05) is 24.8 Å². The van der Waals surface area contributed by atoms with Crippen molar-refractivity contribution in [2.24, 2.45) is 0 Å². The predicted molar refractivity (Wildman–Crippen MR) is 79.4 cm³/mol. The summed E-state index contributed by atoms with van der Waals surface area (Å²) in [5, 5.41) is 12.4. The van der Waals surface area contributed by atoms with Crippen molar-refractivity contribution in [1.29, 1.82) is 5.26 Å². The zero-order valence-corrected chi connectivity index (χ0v) is 11.9. The molecule has 1 aromatic carbocycles. The lowest BCUT2D eigenvalue weighted by Crippen LogP contribution is -2.38. The lowest BCUT2D eigenvalue weighted by atomic mass is 10.0. The van der Waals surface area contributed by atoms with E-state index in [-0.39, 0.29) is 6.04 Å². The number of benzene rings is 1. The minimum absolute atomic E-state index is 0.289. The molecule has 19 heavy (non-hydrogen) atoms. The van der Waals surface area contributed by atoms with Gasteiger partial charge in [0.05, 0.1) is 12.5 Å². The Hall–Kier alpha value is -1.53. The number of nitriles is 1. The first-order chi connectivity index (χ1) is 9.26. The molecule has 3 heteroatoms. The molecule has 0 aromatic heterocycles. The highest BCUT2D eigenvalue weighted by Crippen LogP contribution is 2.27. The SMILES string of the molecule is CCc1cccc(C)c1N1CCCNC(CC#N)C1. The Morgan fingerprint density at radius 2 is 2.32 bits per heavy atom. The zero-order chi connectivity index (χ0) is 13.7. The smallest absolute Gasteiger partial charge is 0.0638 e. The van der Waals surface area contributed by atoms with Gasteiger partial charge in [-0.25, -0.2) is 0 Å². The molecule has 0 saturated carbocycles. The van der Waals surface area contributed by atoms with Crippen LogP contribution >= 0.6 is 0 Å². The van der Waals surface area contributed by atoms with Gasteiger partial charge in [0.25, 0.3) is 0 Å². The number of nitrogens with zero attached hydrogens (tertiary/aromatic N) is 2. The third-order valence-electron chi connectivity index (χ3n) is 3.83. The van der Waals surface area contributed by atoms with E-state index in [2.05, 4.69) is 48.3 Å². The maximum atomic E-state index is 8.91. The molecule has 1 N–H and O–H groups in total. The molecule has 2 rings (SSSR count). The van der Waals surface area contributed by atoms with Gasteiger partial charge in [-0.3, -0.25) is 0 Å². The maximum Gasteiger partial charge on any atom is 0.0638 e. The van der Waals surface area contributed by atoms with Gasteiger partial charge >= 0.3 is 0 Å². The van der Waals surface area contributed by atoms with Crippen molar-refractivity contribution in [3.8, 4) is 6.07 Å². The van der Waals surface area contributed by atoms with Crippen molar-refractivity contribution >= 4 is 5.69 Å². The highest BCUT2D eigenvalue weighted by molar-refractivity contribution is 5.59. The Labute approximate surface area is 116 Å². The van der Waals surface area contributed by atoms with Crippen molar-refractivity contribution in [3.05, 3.63) is 29.3 Å². The number of hydrogen-bond donors (Lipinski definition) is 1. The normalized spacial score (nSPS) is 19.8. The van der Waals surface area contributed by atoms with Crippen LogP contribution < -0.4 is 10.2 Å². The molecule has 1 saturated heterocycles. The number of para-hydroxylation sites is 1. The summed E-state index contributed by atoms with van der Waals surface area (Å²) in [5.41, 5.74) is 4.14. The molecule has 0 aliphatic carbocycles. The second kappa shape index (κ2) is 6.58. The van der Waals surface area contributed by atoms with Crippen LogP contribution in [0.4, 0.5) is 5.69 Å². The van der Waals surface area contributed by atoms with Crippen LogP contribution in [-0.2, 0) is 6.42 Å². The molecule has 1 aliphatic rings. The fourth-order valence-electron chi connectivity index (χ4n) is 2.91. The quantitative estimate of drug-likeness (QED) is 0.904. The molecule has 0 radical (unpaired) electrons. The van der Waals surface area contributed by atoms with Crippen molar-refractivity contribution in [1.82, 2.24) is 5.32 Å². The Kier molecular flexibility index (Phi) is 4.81. The molecule has 1 aromatic rings. The average molecular weight is 257 g/mol. The lowest BCUT2D eigenvalue weighted by molar-refractivity contribution is 0.552. The second-order valence-electron chi connectivity index (χ2n) is 5.25. The van der Waals surface area contributed by atoms with E-state index < -0.39 is 0 Å². The summed E-state index contributed by atoms with van der Waals surface area (Å²) in [5.74, 6) is 0. The second-order valence-corrected chi connectivity index (χ2v) is 5.25. The Morgan fingerprint density at radius 3 is 3.05 bits per heavy atom. The van der Waals surface area contributed by atoms with Gasteiger partial charge in [-0.2, -0.15) is 5.26 Å². The maximum absolute atomic E-state index is 8.91. The summed E-state index contributed by atoms with van der Waals surface area (Å²) in [6.45, 7) is 7.42. The lowest BCUT2D eigenvalue weighted by Gasteiger charge is -2.29. The summed E-state index contributed by atoms with van der Waals surface area (Å²) in [4.78, 5) is 2.47. The highest BCUT2D eigenvalue weighted by atomic mass is 15.2. The van der Waals surface area contributed by atoms with Crippen LogP contribution in [0.5, 0.6) is 0 Å². The fourth-order valence-corrected chi connectivity index (χ4v) is 2.91. The third-order valence-corrected chi connectivity index (χ3v) is 3.83. The zero-order valence-electron chi connectivity index (χ0n) is 11.9. The van der Waals surface area contributed by atoms with Gasteiger partial charge in [0.15, 0.2) is 0 Å².